The molecule has 2 heterocycles. The normalized spacial score (nSPS) is 15.0. The van der Waals surface area contributed by atoms with E-state index in [0.717, 1.165) is 41.0 Å². The number of nitrogens with one attached hydrogen (secondary N) is 1. The molecular weight excluding hydrogens is 448 g/mol. The van der Waals surface area contributed by atoms with Crippen molar-refractivity contribution in [2.45, 2.75) is 44.2 Å². The zero-order valence-corrected chi connectivity index (χ0v) is 19.6. The summed E-state index contributed by atoms with van der Waals surface area (Å²) in [5, 5.41) is 18.9. The first kappa shape index (κ1) is 23.5. The fraction of sp³-hybridized carbons (Fsp3) is 0.308. The SMILES string of the molecule is N#CC1(NC(=O)COC(=O)/C=C/c2cn(Cc3ccccc3)nc2-c2cccs2)CCCCC1. The Morgan fingerprint density at radius 2 is 1.97 bits per heavy atom. The number of aromatic nitrogens is 2. The van der Waals surface area contributed by atoms with E-state index in [0.29, 0.717) is 19.4 Å². The number of hydrogen-bond donors (Lipinski definition) is 1. The van der Waals surface area contributed by atoms with Gasteiger partial charge < -0.3 is 10.1 Å². The minimum Gasteiger partial charge on any atom is -0.452 e. The number of esters is 1. The molecule has 0 atom stereocenters. The zero-order chi connectivity index (χ0) is 23.8. The first-order valence-corrected chi connectivity index (χ1v) is 12.2. The molecule has 1 aliphatic rings. The maximum atomic E-state index is 12.3. The van der Waals surface area contributed by atoms with E-state index in [1.807, 2.05) is 58.7 Å². The second kappa shape index (κ2) is 10.9. The van der Waals surface area contributed by atoms with Gasteiger partial charge in [-0.1, -0.05) is 55.7 Å². The predicted molar refractivity (Wildman–Crippen MR) is 131 cm³/mol. The van der Waals surface area contributed by atoms with Gasteiger partial charge in [0.1, 0.15) is 11.2 Å². The fourth-order valence-electron chi connectivity index (χ4n) is 4.08. The summed E-state index contributed by atoms with van der Waals surface area (Å²) in [7, 11) is 0. The van der Waals surface area contributed by atoms with Gasteiger partial charge in [0.2, 0.25) is 0 Å². The quantitative estimate of drug-likeness (QED) is 0.381. The summed E-state index contributed by atoms with van der Waals surface area (Å²) in [5.41, 5.74) is 1.84. The standard InChI is InChI=1S/C26H26N4O3S/c27-19-26(13-5-2-6-14-26)28-23(31)18-33-24(32)12-11-21-17-30(16-20-8-3-1-4-9-20)29-25(21)22-10-7-15-34-22/h1,3-4,7-12,15,17H,2,5-6,13-14,16,18H2,(H,28,31)/b12-11+. The molecule has 3 aromatic rings. The molecule has 4 rings (SSSR count). The van der Waals surface area contributed by atoms with Crippen molar-refractivity contribution in [2.75, 3.05) is 6.61 Å². The largest absolute Gasteiger partial charge is 0.452 e. The molecule has 8 heteroatoms. The zero-order valence-electron chi connectivity index (χ0n) is 18.8. The number of thiophene rings is 1. The van der Waals surface area contributed by atoms with Crippen molar-refractivity contribution >= 4 is 29.3 Å². The Kier molecular flexibility index (Phi) is 7.55. The average Bonchev–Trinajstić information content (AvgIpc) is 3.53. The smallest absolute Gasteiger partial charge is 0.331 e. The lowest BCUT2D eigenvalue weighted by Crippen LogP contribution is -2.49. The second-order valence-electron chi connectivity index (χ2n) is 8.34. The Bertz CT molecular complexity index is 1190. The van der Waals surface area contributed by atoms with Gasteiger partial charge in [-0.2, -0.15) is 10.4 Å². The molecule has 0 aliphatic heterocycles. The Hall–Kier alpha value is -3.70. The number of carbonyl (C=O) groups excluding carboxylic acids is 2. The van der Waals surface area contributed by atoms with Crippen LogP contribution in [0.3, 0.4) is 0 Å². The molecule has 0 radical (unpaired) electrons. The molecule has 174 valence electrons. The number of rotatable bonds is 8. The van der Waals surface area contributed by atoms with Crippen LogP contribution >= 0.6 is 11.3 Å². The topological polar surface area (TPSA) is 97.0 Å². The van der Waals surface area contributed by atoms with Crippen LogP contribution in [0.4, 0.5) is 0 Å². The minimum atomic E-state index is -0.847. The summed E-state index contributed by atoms with van der Waals surface area (Å²) >= 11 is 1.57. The molecule has 2 aromatic heterocycles. The van der Waals surface area contributed by atoms with Crippen molar-refractivity contribution in [3.05, 3.63) is 71.2 Å². The van der Waals surface area contributed by atoms with E-state index in [1.54, 1.807) is 17.4 Å². The monoisotopic (exact) mass is 474 g/mol. The Morgan fingerprint density at radius 1 is 1.18 bits per heavy atom. The molecule has 1 N–H and O–H groups in total. The van der Waals surface area contributed by atoms with Crippen molar-refractivity contribution in [1.29, 1.82) is 5.26 Å². The number of ether oxygens (including phenoxy) is 1. The van der Waals surface area contributed by atoms with E-state index in [-0.39, 0.29) is 0 Å². The van der Waals surface area contributed by atoms with Gasteiger partial charge in [-0.15, -0.1) is 11.3 Å². The van der Waals surface area contributed by atoms with Crippen LogP contribution in [0, 0.1) is 11.3 Å². The molecule has 1 aliphatic carbocycles. The molecule has 1 amide bonds. The molecule has 0 saturated heterocycles. The van der Waals surface area contributed by atoms with Gasteiger partial charge >= 0.3 is 5.97 Å². The lowest BCUT2D eigenvalue weighted by molar-refractivity contribution is -0.144. The summed E-state index contributed by atoms with van der Waals surface area (Å²) < 4.78 is 6.96. The maximum absolute atomic E-state index is 12.3. The van der Waals surface area contributed by atoms with Gasteiger partial charge in [-0.25, -0.2) is 4.79 Å². The van der Waals surface area contributed by atoms with Crippen LogP contribution in [0.15, 0.2) is 60.1 Å². The number of nitriles is 1. The Balaban J connectivity index is 1.39. The van der Waals surface area contributed by atoms with E-state index in [2.05, 4.69) is 11.4 Å². The van der Waals surface area contributed by atoms with E-state index in [9.17, 15) is 14.9 Å². The lowest BCUT2D eigenvalue weighted by atomic mass is 9.83. The van der Waals surface area contributed by atoms with Gasteiger partial charge in [0, 0.05) is 17.8 Å². The van der Waals surface area contributed by atoms with Gasteiger partial charge in [-0.05, 0) is 35.9 Å². The molecule has 34 heavy (non-hydrogen) atoms. The summed E-state index contributed by atoms with van der Waals surface area (Å²) in [6.45, 7) is 0.190. The number of hydrogen-bond acceptors (Lipinski definition) is 6. The molecular formula is C26H26N4O3S. The summed E-state index contributed by atoms with van der Waals surface area (Å²) in [4.78, 5) is 25.5. The average molecular weight is 475 g/mol. The van der Waals surface area contributed by atoms with E-state index >= 15 is 0 Å². The van der Waals surface area contributed by atoms with Gasteiger partial charge in [-0.3, -0.25) is 9.48 Å². The van der Waals surface area contributed by atoms with Crippen LogP contribution in [0.25, 0.3) is 16.6 Å². The number of amides is 1. The highest BCUT2D eigenvalue weighted by atomic mass is 32.1. The van der Waals surface area contributed by atoms with Crippen molar-refractivity contribution < 1.29 is 14.3 Å². The van der Waals surface area contributed by atoms with Crippen LogP contribution in [0.2, 0.25) is 0 Å². The third kappa shape index (κ3) is 6.00. The van der Waals surface area contributed by atoms with E-state index < -0.39 is 24.0 Å². The lowest BCUT2D eigenvalue weighted by Gasteiger charge is -2.31. The van der Waals surface area contributed by atoms with E-state index in [1.165, 1.54) is 6.08 Å². The molecule has 7 nitrogen and oxygen atoms in total. The first-order valence-electron chi connectivity index (χ1n) is 11.3. The molecule has 1 aromatic carbocycles. The van der Waals surface area contributed by atoms with Gasteiger partial charge in [0.25, 0.3) is 5.91 Å². The van der Waals surface area contributed by atoms with Crippen LogP contribution in [-0.2, 0) is 20.9 Å². The van der Waals surface area contributed by atoms with Crippen molar-refractivity contribution in [3.63, 3.8) is 0 Å². The minimum absolute atomic E-state index is 0.419. The first-order chi connectivity index (χ1) is 16.6. The molecule has 0 bridgehead atoms. The van der Waals surface area contributed by atoms with Gasteiger partial charge in [0.15, 0.2) is 6.61 Å². The second-order valence-corrected chi connectivity index (χ2v) is 9.29. The predicted octanol–water partition coefficient (Wildman–Crippen LogP) is 4.56. The summed E-state index contributed by atoms with van der Waals surface area (Å²) in [6, 6.07) is 16.2. The van der Waals surface area contributed by atoms with Gasteiger partial charge in [0.05, 0.1) is 17.5 Å². The molecule has 0 unspecified atom stereocenters. The molecule has 1 fully saturated rings. The summed E-state index contributed by atoms with van der Waals surface area (Å²) in [5.74, 6) is -1.09. The number of carbonyl (C=O) groups is 2. The van der Waals surface area contributed by atoms with Crippen LogP contribution in [-0.4, -0.2) is 33.8 Å². The Labute approximate surface area is 202 Å². The van der Waals surface area contributed by atoms with Crippen LogP contribution < -0.4 is 5.32 Å². The third-order valence-corrected chi connectivity index (χ3v) is 6.65. The maximum Gasteiger partial charge on any atom is 0.331 e. The highest BCUT2D eigenvalue weighted by Crippen LogP contribution is 2.28. The third-order valence-electron chi connectivity index (χ3n) is 5.78. The van der Waals surface area contributed by atoms with Crippen molar-refractivity contribution in [1.82, 2.24) is 15.1 Å². The summed E-state index contributed by atoms with van der Waals surface area (Å²) in [6.07, 6.45) is 8.97. The Morgan fingerprint density at radius 3 is 2.68 bits per heavy atom. The number of nitrogens with zero attached hydrogens (tertiary/aromatic N) is 3. The fourth-order valence-corrected chi connectivity index (χ4v) is 4.81. The van der Waals surface area contributed by atoms with Crippen molar-refractivity contribution in [3.8, 4) is 16.6 Å². The van der Waals surface area contributed by atoms with E-state index in [4.69, 9.17) is 9.84 Å². The van der Waals surface area contributed by atoms with Crippen LogP contribution in [0.1, 0.15) is 43.2 Å². The highest BCUT2D eigenvalue weighted by molar-refractivity contribution is 7.13. The van der Waals surface area contributed by atoms with Crippen LogP contribution in [0.5, 0.6) is 0 Å². The number of benzene rings is 1. The highest BCUT2D eigenvalue weighted by Gasteiger charge is 2.33. The molecule has 1 saturated carbocycles. The van der Waals surface area contributed by atoms with Crippen molar-refractivity contribution in [2.24, 2.45) is 0 Å². The molecule has 0 spiro atoms.